The van der Waals surface area contributed by atoms with Crippen LogP contribution in [0.15, 0.2) is 12.4 Å². The Balaban J connectivity index is 0.00000196. The van der Waals surface area contributed by atoms with Crippen LogP contribution in [-0.4, -0.2) is 30.1 Å². The standard InChI is InChI=1S/C11H22N3.ClH/c1-5-13-9-10-14(11(13)2)8-6-7-12(3)4;/h9-10H,5-8H2,1-4H3;1H/q+1;. The molecule has 88 valence electrons. The van der Waals surface area contributed by atoms with Crippen LogP contribution in [0.5, 0.6) is 0 Å². The van der Waals surface area contributed by atoms with Crippen molar-refractivity contribution in [3.05, 3.63) is 18.2 Å². The molecule has 0 fully saturated rings. The third-order valence-electron chi connectivity index (χ3n) is 2.60. The number of hydrogen-bond acceptors (Lipinski definition) is 1. The molecular weight excluding hydrogens is 210 g/mol. The highest BCUT2D eigenvalue weighted by Crippen LogP contribution is 1.94. The molecule has 0 amide bonds. The van der Waals surface area contributed by atoms with Crippen molar-refractivity contribution in [3.8, 4) is 0 Å². The van der Waals surface area contributed by atoms with E-state index in [9.17, 15) is 0 Å². The monoisotopic (exact) mass is 232 g/mol. The summed E-state index contributed by atoms with van der Waals surface area (Å²) < 4.78 is 4.60. The van der Waals surface area contributed by atoms with Crippen LogP contribution in [0, 0.1) is 6.92 Å². The van der Waals surface area contributed by atoms with Gasteiger partial charge in [0.15, 0.2) is 0 Å². The van der Waals surface area contributed by atoms with E-state index in [0.717, 1.165) is 19.6 Å². The van der Waals surface area contributed by atoms with Gasteiger partial charge in [-0.05, 0) is 27.4 Å². The average molecular weight is 233 g/mol. The Bertz CT molecular complexity index is 281. The molecule has 1 aromatic rings. The van der Waals surface area contributed by atoms with Gasteiger partial charge in [-0.2, -0.15) is 0 Å². The minimum Gasteiger partial charge on any atom is -0.309 e. The van der Waals surface area contributed by atoms with Crippen molar-refractivity contribution >= 4 is 12.4 Å². The van der Waals surface area contributed by atoms with Crippen LogP contribution in [0.4, 0.5) is 0 Å². The second-order valence-corrected chi connectivity index (χ2v) is 3.98. The van der Waals surface area contributed by atoms with Gasteiger partial charge < -0.3 is 4.90 Å². The number of imidazole rings is 1. The molecule has 0 spiro atoms. The molecular formula is C11H23ClN3+. The van der Waals surface area contributed by atoms with Crippen LogP contribution in [0.1, 0.15) is 19.2 Å². The molecule has 0 saturated carbocycles. The first-order chi connectivity index (χ1) is 6.65. The Hall–Kier alpha value is -0.540. The predicted molar refractivity (Wildman–Crippen MR) is 65.5 cm³/mol. The van der Waals surface area contributed by atoms with Crippen LogP contribution in [-0.2, 0) is 13.1 Å². The third kappa shape index (κ3) is 4.22. The molecule has 0 N–H and O–H groups in total. The first-order valence-electron chi connectivity index (χ1n) is 5.35. The van der Waals surface area contributed by atoms with Gasteiger partial charge in [-0.1, -0.05) is 0 Å². The predicted octanol–water partition coefficient (Wildman–Crippen LogP) is 1.48. The summed E-state index contributed by atoms with van der Waals surface area (Å²) in [5, 5.41) is 0. The molecule has 0 aromatic carbocycles. The van der Waals surface area contributed by atoms with E-state index < -0.39 is 0 Å². The lowest BCUT2D eigenvalue weighted by molar-refractivity contribution is -0.702. The summed E-state index contributed by atoms with van der Waals surface area (Å²) in [7, 11) is 4.24. The number of aryl methyl sites for hydroxylation is 2. The molecule has 0 radical (unpaired) electrons. The number of halogens is 1. The van der Waals surface area contributed by atoms with E-state index in [-0.39, 0.29) is 12.4 Å². The van der Waals surface area contributed by atoms with E-state index in [2.05, 4.69) is 54.4 Å². The maximum absolute atomic E-state index is 2.33. The minimum atomic E-state index is 0. The summed E-state index contributed by atoms with van der Waals surface area (Å²) in [6.45, 7) is 7.70. The second-order valence-electron chi connectivity index (χ2n) is 3.98. The molecule has 0 bridgehead atoms. The lowest BCUT2D eigenvalue weighted by Gasteiger charge is -2.07. The normalized spacial score (nSPS) is 10.5. The fourth-order valence-corrected chi connectivity index (χ4v) is 1.67. The summed E-state index contributed by atoms with van der Waals surface area (Å²) in [5.74, 6) is 1.35. The highest BCUT2D eigenvalue weighted by Gasteiger charge is 2.09. The Morgan fingerprint density at radius 3 is 2.53 bits per heavy atom. The molecule has 0 aliphatic rings. The van der Waals surface area contributed by atoms with Crippen LogP contribution in [0.2, 0.25) is 0 Å². The van der Waals surface area contributed by atoms with Crippen molar-refractivity contribution in [2.75, 3.05) is 20.6 Å². The summed E-state index contributed by atoms with van der Waals surface area (Å²) in [4.78, 5) is 2.23. The van der Waals surface area contributed by atoms with Crippen molar-refractivity contribution in [1.82, 2.24) is 9.47 Å². The van der Waals surface area contributed by atoms with E-state index in [1.807, 2.05) is 0 Å². The van der Waals surface area contributed by atoms with Gasteiger partial charge in [0.05, 0.1) is 13.1 Å². The van der Waals surface area contributed by atoms with Gasteiger partial charge in [0.2, 0.25) is 0 Å². The SMILES string of the molecule is CCn1cc[n+](CCCN(C)C)c1C.Cl. The molecule has 0 saturated heterocycles. The summed E-state index contributed by atoms with van der Waals surface area (Å²) in [6, 6.07) is 0. The van der Waals surface area contributed by atoms with Crippen LogP contribution < -0.4 is 4.57 Å². The molecule has 1 heterocycles. The highest BCUT2D eigenvalue weighted by atomic mass is 35.5. The maximum atomic E-state index is 2.33. The first-order valence-corrected chi connectivity index (χ1v) is 5.35. The second kappa shape index (κ2) is 6.85. The summed E-state index contributed by atoms with van der Waals surface area (Å²) in [5.41, 5.74) is 0. The maximum Gasteiger partial charge on any atom is 0.253 e. The molecule has 0 aliphatic heterocycles. The Morgan fingerprint density at radius 2 is 2.07 bits per heavy atom. The van der Waals surface area contributed by atoms with Gasteiger partial charge in [-0.3, -0.25) is 0 Å². The van der Waals surface area contributed by atoms with Crippen molar-refractivity contribution < 1.29 is 4.57 Å². The van der Waals surface area contributed by atoms with Crippen molar-refractivity contribution in [3.63, 3.8) is 0 Å². The average Bonchev–Trinajstić information content (AvgIpc) is 2.47. The quantitative estimate of drug-likeness (QED) is 0.701. The lowest BCUT2D eigenvalue weighted by atomic mass is 10.4. The van der Waals surface area contributed by atoms with E-state index in [1.165, 1.54) is 12.2 Å². The Labute approximate surface area is 99.1 Å². The zero-order valence-electron chi connectivity index (χ0n) is 10.2. The van der Waals surface area contributed by atoms with Gasteiger partial charge in [-0.25, -0.2) is 9.13 Å². The van der Waals surface area contributed by atoms with Gasteiger partial charge in [-0.15, -0.1) is 12.4 Å². The molecule has 0 aliphatic carbocycles. The number of hydrogen-bond donors (Lipinski definition) is 0. The molecule has 0 unspecified atom stereocenters. The fourth-order valence-electron chi connectivity index (χ4n) is 1.67. The number of nitrogens with zero attached hydrogens (tertiary/aromatic N) is 3. The van der Waals surface area contributed by atoms with Crippen molar-refractivity contribution in [1.29, 1.82) is 0 Å². The Morgan fingerprint density at radius 1 is 1.40 bits per heavy atom. The third-order valence-corrected chi connectivity index (χ3v) is 2.60. The molecule has 4 heteroatoms. The van der Waals surface area contributed by atoms with E-state index in [0.29, 0.717) is 0 Å². The van der Waals surface area contributed by atoms with Crippen molar-refractivity contribution in [2.45, 2.75) is 33.4 Å². The van der Waals surface area contributed by atoms with E-state index in [1.54, 1.807) is 0 Å². The number of rotatable bonds is 5. The molecule has 15 heavy (non-hydrogen) atoms. The van der Waals surface area contributed by atoms with Gasteiger partial charge in [0.25, 0.3) is 5.82 Å². The lowest BCUT2D eigenvalue weighted by Crippen LogP contribution is -2.36. The zero-order valence-corrected chi connectivity index (χ0v) is 11.0. The molecule has 3 nitrogen and oxygen atoms in total. The van der Waals surface area contributed by atoms with E-state index >= 15 is 0 Å². The van der Waals surface area contributed by atoms with Crippen LogP contribution in [0.3, 0.4) is 0 Å². The fraction of sp³-hybridized carbons (Fsp3) is 0.727. The summed E-state index contributed by atoms with van der Waals surface area (Å²) >= 11 is 0. The van der Waals surface area contributed by atoms with Crippen LogP contribution >= 0.6 is 12.4 Å². The minimum absolute atomic E-state index is 0. The first kappa shape index (κ1) is 14.5. The van der Waals surface area contributed by atoms with Gasteiger partial charge >= 0.3 is 0 Å². The van der Waals surface area contributed by atoms with E-state index in [4.69, 9.17) is 0 Å². The molecule has 1 aromatic heterocycles. The zero-order chi connectivity index (χ0) is 10.6. The molecule has 0 atom stereocenters. The van der Waals surface area contributed by atoms with Gasteiger partial charge in [0, 0.05) is 13.5 Å². The topological polar surface area (TPSA) is 12.0 Å². The summed E-state index contributed by atoms with van der Waals surface area (Å²) in [6.07, 6.45) is 5.55. The van der Waals surface area contributed by atoms with Gasteiger partial charge in [0.1, 0.15) is 12.4 Å². The Kier molecular flexibility index (Phi) is 6.61. The highest BCUT2D eigenvalue weighted by molar-refractivity contribution is 5.85. The van der Waals surface area contributed by atoms with Crippen molar-refractivity contribution in [2.24, 2.45) is 0 Å². The largest absolute Gasteiger partial charge is 0.309 e. The smallest absolute Gasteiger partial charge is 0.253 e. The molecule has 1 rings (SSSR count). The number of aromatic nitrogens is 2. The van der Waals surface area contributed by atoms with Crippen LogP contribution in [0.25, 0.3) is 0 Å².